The molecule has 0 saturated carbocycles. The lowest BCUT2D eigenvalue weighted by Crippen LogP contribution is -2.42. The Bertz CT molecular complexity index is 1030. The summed E-state index contributed by atoms with van der Waals surface area (Å²) in [6.07, 6.45) is 7.39. The number of amides is 2. The number of carbonyl (C=O) groups is 2. The summed E-state index contributed by atoms with van der Waals surface area (Å²) >= 11 is 0. The first-order chi connectivity index (χ1) is 14.0. The third-order valence-electron chi connectivity index (χ3n) is 5.73. The van der Waals surface area contributed by atoms with E-state index in [9.17, 15) is 9.59 Å². The molecule has 0 atom stereocenters. The summed E-state index contributed by atoms with van der Waals surface area (Å²) in [7, 11) is 0. The summed E-state index contributed by atoms with van der Waals surface area (Å²) < 4.78 is 7.22. The van der Waals surface area contributed by atoms with Gasteiger partial charge in [0.25, 0.3) is 5.91 Å². The number of aromatic nitrogens is 2. The minimum atomic E-state index is -0.172. The van der Waals surface area contributed by atoms with Crippen LogP contribution in [0.4, 0.5) is 0 Å². The molecule has 3 aromatic rings. The molecule has 1 fully saturated rings. The van der Waals surface area contributed by atoms with Crippen molar-refractivity contribution in [3.05, 3.63) is 59.4 Å². The molecule has 1 N–H and O–H groups in total. The average molecular weight is 394 g/mol. The second kappa shape index (κ2) is 8.11. The zero-order chi connectivity index (χ0) is 20.4. The normalized spacial score (nSPS) is 15.0. The number of nitrogens with zero attached hydrogens (tertiary/aromatic N) is 3. The molecular formula is C22H26N4O3. The lowest BCUT2D eigenvalue weighted by molar-refractivity contribution is -0.131. The van der Waals surface area contributed by atoms with Crippen LogP contribution in [0.2, 0.25) is 0 Å². The van der Waals surface area contributed by atoms with Gasteiger partial charge in [-0.05, 0) is 50.3 Å². The SMILES string of the molecule is Cc1ccoc1C(=O)NCC1CCN(C(=O)Cc2cnc3c(C)cccn23)CC1. The fourth-order valence-corrected chi connectivity index (χ4v) is 3.91. The highest BCUT2D eigenvalue weighted by atomic mass is 16.3. The Morgan fingerprint density at radius 1 is 1.21 bits per heavy atom. The summed E-state index contributed by atoms with van der Waals surface area (Å²) in [6, 6.07) is 5.77. The number of nitrogens with one attached hydrogen (secondary N) is 1. The maximum atomic E-state index is 12.8. The highest BCUT2D eigenvalue weighted by Gasteiger charge is 2.24. The van der Waals surface area contributed by atoms with Gasteiger partial charge in [0.05, 0.1) is 18.4 Å². The van der Waals surface area contributed by atoms with Gasteiger partial charge in [0.1, 0.15) is 5.65 Å². The second-order valence-corrected chi connectivity index (χ2v) is 7.78. The van der Waals surface area contributed by atoms with Crippen LogP contribution in [0, 0.1) is 19.8 Å². The number of hydrogen-bond donors (Lipinski definition) is 1. The number of imidazole rings is 1. The quantitative estimate of drug-likeness (QED) is 0.722. The van der Waals surface area contributed by atoms with Gasteiger partial charge in [0.2, 0.25) is 5.91 Å². The van der Waals surface area contributed by atoms with E-state index in [1.54, 1.807) is 12.3 Å². The highest BCUT2D eigenvalue weighted by molar-refractivity contribution is 5.92. The van der Waals surface area contributed by atoms with Gasteiger partial charge in [0.15, 0.2) is 5.76 Å². The monoisotopic (exact) mass is 394 g/mol. The van der Waals surface area contributed by atoms with Crippen molar-refractivity contribution in [2.75, 3.05) is 19.6 Å². The van der Waals surface area contributed by atoms with Crippen LogP contribution in [0.1, 0.15) is 40.2 Å². The van der Waals surface area contributed by atoms with Crippen LogP contribution in [0.5, 0.6) is 0 Å². The number of fused-ring (bicyclic) bond motifs is 1. The fraction of sp³-hybridized carbons (Fsp3) is 0.409. The molecule has 0 unspecified atom stereocenters. The van der Waals surface area contributed by atoms with Crippen molar-refractivity contribution in [3.8, 4) is 0 Å². The van der Waals surface area contributed by atoms with E-state index < -0.39 is 0 Å². The molecule has 0 aliphatic carbocycles. The molecule has 29 heavy (non-hydrogen) atoms. The number of likely N-dealkylation sites (tertiary alicyclic amines) is 1. The number of carbonyl (C=O) groups excluding carboxylic acids is 2. The van der Waals surface area contributed by atoms with Crippen LogP contribution in [0.15, 0.2) is 41.3 Å². The van der Waals surface area contributed by atoms with Crippen LogP contribution >= 0.6 is 0 Å². The number of piperidine rings is 1. The van der Waals surface area contributed by atoms with E-state index in [0.717, 1.165) is 48.4 Å². The molecule has 4 rings (SSSR count). The molecule has 2 amide bonds. The van der Waals surface area contributed by atoms with Crippen molar-refractivity contribution in [3.63, 3.8) is 0 Å². The minimum absolute atomic E-state index is 0.127. The first-order valence-corrected chi connectivity index (χ1v) is 10.0. The van der Waals surface area contributed by atoms with Crippen LogP contribution in [0.25, 0.3) is 5.65 Å². The Hall–Kier alpha value is -3.09. The van der Waals surface area contributed by atoms with Crippen LogP contribution in [-0.2, 0) is 11.2 Å². The Labute approximate surface area is 169 Å². The van der Waals surface area contributed by atoms with Gasteiger partial charge in [-0.25, -0.2) is 4.98 Å². The minimum Gasteiger partial charge on any atom is -0.459 e. The predicted octanol–water partition coefficient (Wildman–Crippen LogP) is 2.76. The lowest BCUT2D eigenvalue weighted by atomic mass is 9.96. The Kier molecular flexibility index (Phi) is 5.38. The van der Waals surface area contributed by atoms with Gasteiger partial charge in [-0.2, -0.15) is 0 Å². The van der Waals surface area contributed by atoms with Crippen LogP contribution < -0.4 is 5.32 Å². The molecule has 7 heteroatoms. The maximum absolute atomic E-state index is 12.8. The standard InChI is InChI=1S/C22H26N4O3/c1-15-7-11-29-20(15)22(28)24-13-17-5-9-25(10-6-17)19(27)12-18-14-23-21-16(2)4-3-8-26(18)21/h3-4,7-8,11,14,17H,5-6,9-10,12-13H2,1-2H3,(H,24,28). The average Bonchev–Trinajstić information content (AvgIpc) is 3.34. The third-order valence-corrected chi connectivity index (χ3v) is 5.73. The summed E-state index contributed by atoms with van der Waals surface area (Å²) in [5.41, 5.74) is 3.75. The first-order valence-electron chi connectivity index (χ1n) is 10.0. The Balaban J connectivity index is 1.28. The molecule has 0 spiro atoms. The molecule has 1 aliphatic heterocycles. The smallest absolute Gasteiger partial charge is 0.287 e. The molecule has 7 nitrogen and oxygen atoms in total. The van der Waals surface area contributed by atoms with Gasteiger partial charge < -0.3 is 19.0 Å². The van der Waals surface area contributed by atoms with E-state index >= 15 is 0 Å². The predicted molar refractivity (Wildman–Crippen MR) is 109 cm³/mol. The van der Waals surface area contributed by atoms with E-state index in [1.165, 1.54) is 6.26 Å². The van der Waals surface area contributed by atoms with Gasteiger partial charge in [-0.1, -0.05) is 6.07 Å². The van der Waals surface area contributed by atoms with Crippen molar-refractivity contribution in [2.24, 2.45) is 5.92 Å². The van der Waals surface area contributed by atoms with Gasteiger partial charge >= 0.3 is 0 Å². The van der Waals surface area contributed by atoms with Crippen molar-refractivity contribution in [1.29, 1.82) is 0 Å². The zero-order valence-corrected chi connectivity index (χ0v) is 16.9. The van der Waals surface area contributed by atoms with Gasteiger partial charge in [-0.15, -0.1) is 0 Å². The van der Waals surface area contributed by atoms with Crippen LogP contribution in [0.3, 0.4) is 0 Å². The van der Waals surface area contributed by atoms with Crippen molar-refractivity contribution < 1.29 is 14.0 Å². The topological polar surface area (TPSA) is 79.8 Å². The molecule has 0 radical (unpaired) electrons. The van der Waals surface area contributed by atoms with E-state index in [0.29, 0.717) is 24.6 Å². The van der Waals surface area contributed by atoms with E-state index in [-0.39, 0.29) is 11.8 Å². The van der Waals surface area contributed by atoms with E-state index in [2.05, 4.69) is 10.3 Å². The van der Waals surface area contributed by atoms with Crippen LogP contribution in [-0.4, -0.2) is 45.7 Å². The van der Waals surface area contributed by atoms with E-state index in [4.69, 9.17) is 4.42 Å². The molecule has 152 valence electrons. The summed E-state index contributed by atoms with van der Waals surface area (Å²) in [6.45, 7) is 5.91. The number of pyridine rings is 1. The van der Waals surface area contributed by atoms with E-state index in [1.807, 2.05) is 41.5 Å². The fourth-order valence-electron chi connectivity index (χ4n) is 3.91. The Morgan fingerprint density at radius 3 is 2.72 bits per heavy atom. The van der Waals surface area contributed by atoms with Crippen molar-refractivity contribution >= 4 is 17.5 Å². The molecular weight excluding hydrogens is 368 g/mol. The molecule has 4 heterocycles. The van der Waals surface area contributed by atoms with Gasteiger partial charge in [0, 0.05) is 37.6 Å². The molecule has 0 aromatic carbocycles. The molecule has 3 aromatic heterocycles. The van der Waals surface area contributed by atoms with Crippen molar-refractivity contribution in [2.45, 2.75) is 33.1 Å². The molecule has 1 aliphatic rings. The second-order valence-electron chi connectivity index (χ2n) is 7.78. The summed E-state index contributed by atoms with van der Waals surface area (Å²) in [5, 5.41) is 2.95. The molecule has 1 saturated heterocycles. The lowest BCUT2D eigenvalue weighted by Gasteiger charge is -2.32. The zero-order valence-electron chi connectivity index (χ0n) is 16.9. The number of aryl methyl sites for hydroxylation is 2. The van der Waals surface area contributed by atoms with Gasteiger partial charge in [-0.3, -0.25) is 9.59 Å². The van der Waals surface area contributed by atoms with Crippen molar-refractivity contribution in [1.82, 2.24) is 19.6 Å². The first kappa shape index (κ1) is 19.2. The number of rotatable bonds is 5. The maximum Gasteiger partial charge on any atom is 0.287 e. The molecule has 0 bridgehead atoms. The largest absolute Gasteiger partial charge is 0.459 e. The number of furan rings is 1. The summed E-state index contributed by atoms with van der Waals surface area (Å²) in [5.74, 6) is 0.702. The summed E-state index contributed by atoms with van der Waals surface area (Å²) in [4.78, 5) is 31.3. The third kappa shape index (κ3) is 4.04. The Morgan fingerprint density at radius 2 is 2.00 bits per heavy atom. The highest BCUT2D eigenvalue weighted by Crippen LogP contribution is 2.19. The number of hydrogen-bond acceptors (Lipinski definition) is 4.